The molecule has 23 heavy (non-hydrogen) atoms. The normalized spacial score (nSPS) is 17.0. The second-order valence-corrected chi connectivity index (χ2v) is 6.06. The fourth-order valence-electron chi connectivity index (χ4n) is 2.38. The molecule has 2 atom stereocenters. The Balaban J connectivity index is 0.000000238. The van der Waals surface area contributed by atoms with Gasteiger partial charge in [0.1, 0.15) is 0 Å². The van der Waals surface area contributed by atoms with Gasteiger partial charge in [0, 0.05) is 23.5 Å². The van der Waals surface area contributed by atoms with E-state index in [1.165, 1.54) is 13.8 Å². The van der Waals surface area contributed by atoms with Gasteiger partial charge in [0.05, 0.1) is 0 Å². The highest BCUT2D eigenvalue weighted by atomic mass is 31.0. The maximum absolute atomic E-state index is 11.2. The van der Waals surface area contributed by atoms with E-state index in [2.05, 4.69) is 14.6 Å². The van der Waals surface area contributed by atoms with Gasteiger partial charge in [0.2, 0.25) is 11.8 Å². The van der Waals surface area contributed by atoms with E-state index < -0.39 is 0 Å². The highest BCUT2D eigenvalue weighted by molar-refractivity contribution is 7.27. The molecule has 0 radical (unpaired) electrons. The monoisotopic (exact) mass is 335 g/mol. The molecular formula is C17H22NO4P. The average molecular weight is 335 g/mol. The summed E-state index contributed by atoms with van der Waals surface area (Å²) in [5.74, 6) is -0.309. The lowest BCUT2D eigenvalue weighted by atomic mass is 9.96. The lowest BCUT2D eigenvalue weighted by Gasteiger charge is -2.18. The largest absolute Gasteiger partial charge is 0.296 e. The van der Waals surface area contributed by atoms with Gasteiger partial charge in [-0.15, -0.1) is 9.24 Å². The zero-order chi connectivity index (χ0) is 17.6. The average Bonchev–Trinajstić information content (AvgIpc) is 2.47. The standard InChI is InChI=1S/C10H11O2P.C7H11NO2/c1-6(11)8-4-3-5-9(13)10(8)7(2)12;1-2-5-3-4-6(9)8-7(5)10/h3-5H,13H2,1-2H3;5H,2-4H2,1H3,(H,8,9,10). The molecule has 0 bridgehead atoms. The number of Topliss-reactive ketones (excluding diaryl/α,β-unsaturated/α-hetero) is 2. The Morgan fingerprint density at radius 3 is 2.30 bits per heavy atom. The van der Waals surface area contributed by atoms with Gasteiger partial charge in [-0.2, -0.15) is 0 Å². The summed E-state index contributed by atoms with van der Waals surface area (Å²) >= 11 is 0. The van der Waals surface area contributed by atoms with Gasteiger partial charge in [-0.05, 0) is 32.0 Å². The number of piperidine rings is 1. The third-order valence-electron chi connectivity index (χ3n) is 3.67. The molecule has 0 aliphatic carbocycles. The number of imide groups is 1. The van der Waals surface area contributed by atoms with Crippen LogP contribution in [0, 0.1) is 5.92 Å². The van der Waals surface area contributed by atoms with Crippen molar-refractivity contribution in [1.82, 2.24) is 5.32 Å². The second kappa shape index (κ2) is 8.68. The van der Waals surface area contributed by atoms with Crippen molar-refractivity contribution in [3.63, 3.8) is 0 Å². The van der Waals surface area contributed by atoms with Crippen LogP contribution in [0.4, 0.5) is 0 Å². The predicted molar refractivity (Wildman–Crippen MR) is 92.0 cm³/mol. The summed E-state index contributed by atoms with van der Waals surface area (Å²) in [4.78, 5) is 43.9. The molecule has 1 N–H and O–H groups in total. The highest BCUT2D eigenvalue weighted by Gasteiger charge is 2.24. The Bertz CT molecular complexity index is 639. The lowest BCUT2D eigenvalue weighted by Crippen LogP contribution is -2.40. The summed E-state index contributed by atoms with van der Waals surface area (Å²) in [6.45, 7) is 4.89. The fraction of sp³-hybridized carbons (Fsp3) is 0.412. The van der Waals surface area contributed by atoms with Crippen LogP contribution in [0.2, 0.25) is 0 Å². The molecule has 1 fully saturated rings. The topological polar surface area (TPSA) is 80.3 Å². The van der Waals surface area contributed by atoms with Crippen LogP contribution >= 0.6 is 9.24 Å². The van der Waals surface area contributed by atoms with Crippen molar-refractivity contribution in [2.45, 2.75) is 40.0 Å². The second-order valence-electron chi connectivity index (χ2n) is 5.44. The van der Waals surface area contributed by atoms with E-state index in [1.807, 2.05) is 6.92 Å². The number of hydrogen-bond acceptors (Lipinski definition) is 4. The van der Waals surface area contributed by atoms with Gasteiger partial charge in [0.15, 0.2) is 11.6 Å². The molecule has 1 aliphatic rings. The van der Waals surface area contributed by atoms with E-state index >= 15 is 0 Å². The van der Waals surface area contributed by atoms with Crippen molar-refractivity contribution >= 4 is 37.9 Å². The highest BCUT2D eigenvalue weighted by Crippen LogP contribution is 2.14. The minimum absolute atomic E-state index is 0.0673. The Labute approximate surface area is 138 Å². The number of amides is 2. The SMILES string of the molecule is CC(=O)c1cccc(P)c1C(C)=O.CCC1CCC(=O)NC1=O. The third-order valence-corrected chi connectivity index (χ3v) is 4.16. The maximum atomic E-state index is 11.2. The van der Waals surface area contributed by atoms with Crippen LogP contribution in [0.3, 0.4) is 0 Å². The first-order valence-corrected chi connectivity index (χ1v) is 8.09. The van der Waals surface area contributed by atoms with Gasteiger partial charge in [-0.1, -0.05) is 25.1 Å². The maximum Gasteiger partial charge on any atom is 0.229 e. The fourth-order valence-corrected chi connectivity index (χ4v) is 2.85. The van der Waals surface area contributed by atoms with Crippen molar-refractivity contribution in [1.29, 1.82) is 0 Å². The van der Waals surface area contributed by atoms with Crippen molar-refractivity contribution in [2.24, 2.45) is 5.92 Å². The lowest BCUT2D eigenvalue weighted by molar-refractivity contribution is -0.136. The number of carbonyl (C=O) groups is 4. The van der Waals surface area contributed by atoms with Crippen molar-refractivity contribution in [3.05, 3.63) is 29.3 Å². The molecule has 1 aromatic carbocycles. The zero-order valence-corrected chi connectivity index (χ0v) is 14.8. The number of hydrogen-bond donors (Lipinski definition) is 1. The van der Waals surface area contributed by atoms with Gasteiger partial charge in [0.25, 0.3) is 0 Å². The molecule has 1 heterocycles. The van der Waals surface area contributed by atoms with Crippen molar-refractivity contribution in [2.75, 3.05) is 0 Å². The third kappa shape index (κ3) is 5.36. The Hall–Kier alpha value is -1.87. The minimum Gasteiger partial charge on any atom is -0.296 e. The van der Waals surface area contributed by atoms with Crippen LogP contribution in [-0.2, 0) is 9.59 Å². The Kier molecular flexibility index (Phi) is 7.24. The van der Waals surface area contributed by atoms with Crippen LogP contribution in [0.25, 0.3) is 0 Å². The number of rotatable bonds is 3. The predicted octanol–water partition coefficient (Wildman–Crippen LogP) is 2.04. The smallest absolute Gasteiger partial charge is 0.229 e. The molecule has 0 aromatic heterocycles. The van der Waals surface area contributed by atoms with E-state index in [9.17, 15) is 19.2 Å². The summed E-state index contributed by atoms with van der Waals surface area (Å²) in [6, 6.07) is 5.24. The van der Waals surface area contributed by atoms with Crippen molar-refractivity contribution in [3.8, 4) is 0 Å². The van der Waals surface area contributed by atoms with E-state index in [0.29, 0.717) is 17.5 Å². The Morgan fingerprint density at radius 2 is 1.87 bits per heavy atom. The number of benzene rings is 1. The molecule has 6 heteroatoms. The van der Waals surface area contributed by atoms with Crippen LogP contribution in [0.1, 0.15) is 60.7 Å². The summed E-state index contributed by atoms with van der Waals surface area (Å²) in [5, 5.41) is 3.08. The van der Waals surface area contributed by atoms with Gasteiger partial charge < -0.3 is 0 Å². The molecule has 1 aliphatic heterocycles. The van der Waals surface area contributed by atoms with Crippen LogP contribution in [-0.4, -0.2) is 23.4 Å². The van der Waals surface area contributed by atoms with E-state index in [4.69, 9.17) is 0 Å². The molecule has 2 amide bonds. The van der Waals surface area contributed by atoms with Gasteiger partial charge >= 0.3 is 0 Å². The van der Waals surface area contributed by atoms with Crippen LogP contribution < -0.4 is 10.6 Å². The number of nitrogens with one attached hydrogen (secondary N) is 1. The van der Waals surface area contributed by atoms with Crippen molar-refractivity contribution < 1.29 is 19.2 Å². The summed E-state index contributed by atoms with van der Waals surface area (Å²) in [7, 11) is 2.46. The van der Waals surface area contributed by atoms with E-state index in [1.54, 1.807) is 18.2 Å². The number of ketones is 2. The Morgan fingerprint density at radius 1 is 1.22 bits per heavy atom. The summed E-state index contributed by atoms with van der Waals surface area (Å²) in [5.41, 5.74) is 1.01. The van der Waals surface area contributed by atoms with E-state index in [0.717, 1.165) is 18.1 Å². The molecule has 2 rings (SSSR count). The molecule has 5 nitrogen and oxygen atoms in total. The molecule has 2 unspecified atom stereocenters. The number of carbonyl (C=O) groups excluding carboxylic acids is 4. The zero-order valence-electron chi connectivity index (χ0n) is 13.6. The quantitative estimate of drug-likeness (QED) is 0.521. The molecule has 1 saturated heterocycles. The minimum atomic E-state index is -0.130. The summed E-state index contributed by atoms with van der Waals surface area (Å²) in [6.07, 6.45) is 2.06. The molecule has 0 spiro atoms. The first-order valence-electron chi connectivity index (χ1n) is 7.52. The molecule has 0 saturated carbocycles. The first kappa shape index (κ1) is 19.2. The first-order chi connectivity index (χ1) is 10.8. The van der Waals surface area contributed by atoms with E-state index in [-0.39, 0.29) is 29.3 Å². The molecule has 1 aromatic rings. The van der Waals surface area contributed by atoms with Crippen LogP contribution in [0.15, 0.2) is 18.2 Å². The molecular weight excluding hydrogens is 313 g/mol. The van der Waals surface area contributed by atoms with Gasteiger partial charge in [-0.3, -0.25) is 24.5 Å². The summed E-state index contributed by atoms with van der Waals surface area (Å²) < 4.78 is 0. The van der Waals surface area contributed by atoms with Gasteiger partial charge in [-0.25, -0.2) is 0 Å². The molecule has 124 valence electrons. The van der Waals surface area contributed by atoms with Crippen LogP contribution in [0.5, 0.6) is 0 Å².